The zero-order chi connectivity index (χ0) is 21.3. The zero-order valence-corrected chi connectivity index (χ0v) is 19.2. The third kappa shape index (κ3) is 4.19. The van der Waals surface area contributed by atoms with Crippen LogP contribution in [-0.4, -0.2) is 39.3 Å². The number of halogens is 1. The Morgan fingerprint density at radius 3 is 2.80 bits per heavy atom. The van der Waals surface area contributed by atoms with Crippen molar-refractivity contribution in [2.45, 2.75) is 38.4 Å². The first-order valence-corrected chi connectivity index (χ1v) is 12.0. The minimum absolute atomic E-state index is 0.0981. The Morgan fingerprint density at radius 2 is 2.07 bits per heavy atom. The second-order valence-corrected chi connectivity index (χ2v) is 9.36. The van der Waals surface area contributed by atoms with Crippen molar-refractivity contribution in [3.8, 4) is 0 Å². The van der Waals surface area contributed by atoms with Crippen molar-refractivity contribution in [2.75, 3.05) is 29.1 Å². The van der Waals surface area contributed by atoms with E-state index in [-0.39, 0.29) is 17.2 Å². The summed E-state index contributed by atoms with van der Waals surface area (Å²) in [4.78, 5) is 36.8. The van der Waals surface area contributed by atoms with E-state index in [1.54, 1.807) is 16.7 Å². The Kier molecular flexibility index (Phi) is 6.31. The number of benzene rings is 1. The van der Waals surface area contributed by atoms with Gasteiger partial charge in [0.25, 0.3) is 5.56 Å². The molecule has 1 N–H and O–H groups in total. The molecule has 1 fully saturated rings. The van der Waals surface area contributed by atoms with E-state index in [1.807, 2.05) is 19.9 Å². The number of anilines is 2. The van der Waals surface area contributed by atoms with E-state index in [4.69, 9.17) is 11.6 Å². The molecular formula is C20H22ClN5O2S2. The lowest BCUT2D eigenvalue weighted by Gasteiger charge is -2.11. The number of carbonyl (C=O) groups is 1. The monoisotopic (exact) mass is 463 g/mol. The summed E-state index contributed by atoms with van der Waals surface area (Å²) in [5.41, 5.74) is 1.86. The van der Waals surface area contributed by atoms with Gasteiger partial charge in [-0.15, -0.1) is 0 Å². The molecule has 3 heterocycles. The molecule has 0 spiro atoms. The fraction of sp³-hybridized carbons (Fsp3) is 0.400. The van der Waals surface area contributed by atoms with E-state index in [0.29, 0.717) is 32.8 Å². The third-order valence-electron chi connectivity index (χ3n) is 5.04. The Hall–Kier alpha value is -2.10. The number of amides is 1. The number of hydrogen-bond acceptors (Lipinski definition) is 7. The molecule has 0 aliphatic carbocycles. The van der Waals surface area contributed by atoms with Gasteiger partial charge in [0.1, 0.15) is 4.70 Å². The molecule has 30 heavy (non-hydrogen) atoms. The minimum Gasteiger partial charge on any atom is -0.348 e. The van der Waals surface area contributed by atoms with Gasteiger partial charge < -0.3 is 10.2 Å². The summed E-state index contributed by atoms with van der Waals surface area (Å²) in [5.74, 6) is -0.0501. The molecule has 1 aliphatic rings. The summed E-state index contributed by atoms with van der Waals surface area (Å²) >= 11 is 8.76. The van der Waals surface area contributed by atoms with Crippen LogP contribution in [0.5, 0.6) is 0 Å². The van der Waals surface area contributed by atoms with Crippen LogP contribution in [-0.2, 0) is 11.3 Å². The summed E-state index contributed by atoms with van der Waals surface area (Å²) in [6.07, 6.45) is 2.29. The normalized spacial score (nSPS) is 13.9. The smallest absolute Gasteiger partial charge is 0.273 e. The fourth-order valence-corrected chi connectivity index (χ4v) is 5.40. The maximum atomic E-state index is 13.0. The van der Waals surface area contributed by atoms with Gasteiger partial charge in [-0.25, -0.2) is 4.98 Å². The van der Waals surface area contributed by atoms with Crippen molar-refractivity contribution in [3.05, 3.63) is 39.1 Å². The summed E-state index contributed by atoms with van der Waals surface area (Å²) < 4.78 is 2.18. The predicted octanol–water partition coefficient (Wildman–Crippen LogP) is 4.17. The highest BCUT2D eigenvalue weighted by Crippen LogP contribution is 2.29. The van der Waals surface area contributed by atoms with Gasteiger partial charge in [0.15, 0.2) is 15.9 Å². The third-order valence-corrected chi connectivity index (χ3v) is 7.52. The number of nitrogens with zero attached hydrogens (tertiary/aromatic N) is 4. The van der Waals surface area contributed by atoms with Crippen LogP contribution in [0.1, 0.15) is 25.3 Å². The number of rotatable bonds is 6. The summed E-state index contributed by atoms with van der Waals surface area (Å²) in [6, 6.07) is 5.39. The topological polar surface area (TPSA) is 80.1 Å². The molecule has 158 valence electrons. The Morgan fingerprint density at radius 1 is 1.30 bits per heavy atom. The molecule has 1 saturated heterocycles. The molecule has 0 radical (unpaired) electrons. The Balaban J connectivity index is 1.55. The molecule has 0 atom stereocenters. The molecule has 10 heteroatoms. The maximum absolute atomic E-state index is 13.0. The maximum Gasteiger partial charge on any atom is 0.273 e. The van der Waals surface area contributed by atoms with Crippen LogP contribution < -0.4 is 15.8 Å². The minimum atomic E-state index is -0.182. The highest BCUT2D eigenvalue weighted by atomic mass is 35.5. The summed E-state index contributed by atoms with van der Waals surface area (Å²) in [6.45, 7) is 6.17. The molecule has 2 aromatic heterocycles. The SMILES string of the molecule is CCn1c(SCC(=O)Nc2cccc(Cl)c2C)nc2nc(N3CCCC3)sc2c1=O. The van der Waals surface area contributed by atoms with Crippen molar-refractivity contribution in [3.63, 3.8) is 0 Å². The standard InChI is InChI=1S/C20H22ClN5O2S2/c1-3-26-18(28)16-17(23-19(30-16)25-9-4-5-10-25)24-20(26)29-11-15(27)22-14-8-6-7-13(21)12(14)2/h6-8H,3-5,9-11H2,1-2H3,(H,22,27). The van der Waals surface area contributed by atoms with Crippen LogP contribution in [0.4, 0.5) is 10.8 Å². The number of thiazole rings is 1. The molecule has 1 aliphatic heterocycles. The van der Waals surface area contributed by atoms with Crippen LogP contribution in [0.15, 0.2) is 28.2 Å². The quantitative estimate of drug-likeness (QED) is 0.436. The van der Waals surface area contributed by atoms with Gasteiger partial charge in [-0.2, -0.15) is 4.98 Å². The van der Waals surface area contributed by atoms with Crippen LogP contribution in [0.3, 0.4) is 0 Å². The van der Waals surface area contributed by atoms with Crippen molar-refractivity contribution in [1.29, 1.82) is 0 Å². The first kappa shape index (κ1) is 21.1. The second-order valence-electron chi connectivity index (χ2n) is 7.04. The lowest BCUT2D eigenvalue weighted by atomic mass is 10.2. The van der Waals surface area contributed by atoms with E-state index in [1.165, 1.54) is 23.1 Å². The van der Waals surface area contributed by atoms with Gasteiger partial charge in [0.2, 0.25) is 5.91 Å². The first-order chi connectivity index (χ1) is 14.5. The molecule has 3 aromatic rings. The van der Waals surface area contributed by atoms with Crippen LogP contribution in [0.2, 0.25) is 5.02 Å². The largest absolute Gasteiger partial charge is 0.348 e. The summed E-state index contributed by atoms with van der Waals surface area (Å²) in [7, 11) is 0. The number of aromatic nitrogens is 3. The number of hydrogen-bond donors (Lipinski definition) is 1. The summed E-state index contributed by atoms with van der Waals surface area (Å²) in [5, 5.41) is 4.83. The van der Waals surface area contributed by atoms with Crippen LogP contribution >= 0.6 is 34.7 Å². The number of fused-ring (bicyclic) bond motifs is 1. The van der Waals surface area contributed by atoms with Crippen molar-refractivity contribution in [2.24, 2.45) is 0 Å². The van der Waals surface area contributed by atoms with Crippen molar-refractivity contribution < 1.29 is 4.79 Å². The van der Waals surface area contributed by atoms with Gasteiger partial charge in [0.05, 0.1) is 5.75 Å². The van der Waals surface area contributed by atoms with E-state index in [0.717, 1.165) is 36.6 Å². The molecule has 1 aromatic carbocycles. The molecule has 0 unspecified atom stereocenters. The van der Waals surface area contributed by atoms with Gasteiger partial charge in [-0.1, -0.05) is 40.8 Å². The molecule has 1 amide bonds. The molecule has 7 nitrogen and oxygen atoms in total. The van der Waals surface area contributed by atoms with Gasteiger partial charge in [-0.3, -0.25) is 14.2 Å². The van der Waals surface area contributed by atoms with Crippen molar-refractivity contribution in [1.82, 2.24) is 14.5 Å². The number of carbonyl (C=O) groups excluding carboxylic acids is 1. The lowest BCUT2D eigenvalue weighted by molar-refractivity contribution is -0.113. The average molecular weight is 464 g/mol. The van der Waals surface area contributed by atoms with Gasteiger partial charge >= 0.3 is 0 Å². The lowest BCUT2D eigenvalue weighted by Crippen LogP contribution is -2.23. The van der Waals surface area contributed by atoms with Crippen molar-refractivity contribution >= 4 is 61.8 Å². The first-order valence-electron chi connectivity index (χ1n) is 9.82. The van der Waals surface area contributed by atoms with E-state index < -0.39 is 0 Å². The van der Waals surface area contributed by atoms with Gasteiger partial charge in [0, 0.05) is 30.3 Å². The Labute approximate surface area is 187 Å². The fourth-order valence-electron chi connectivity index (χ4n) is 3.37. The Bertz CT molecular complexity index is 1150. The second kappa shape index (κ2) is 8.95. The molecule has 0 saturated carbocycles. The number of thioether (sulfide) groups is 1. The molecular weight excluding hydrogens is 442 g/mol. The zero-order valence-electron chi connectivity index (χ0n) is 16.8. The van der Waals surface area contributed by atoms with E-state index in [9.17, 15) is 9.59 Å². The van der Waals surface area contributed by atoms with Crippen LogP contribution in [0, 0.1) is 6.92 Å². The molecule has 0 bridgehead atoms. The highest BCUT2D eigenvalue weighted by molar-refractivity contribution is 7.99. The number of nitrogens with one attached hydrogen (secondary N) is 1. The molecule has 4 rings (SSSR count). The van der Waals surface area contributed by atoms with Gasteiger partial charge in [-0.05, 0) is 44.4 Å². The van der Waals surface area contributed by atoms with Crippen LogP contribution in [0.25, 0.3) is 10.3 Å². The van der Waals surface area contributed by atoms with E-state index in [2.05, 4.69) is 20.2 Å². The van der Waals surface area contributed by atoms with E-state index >= 15 is 0 Å². The average Bonchev–Trinajstić information content (AvgIpc) is 3.40. The highest BCUT2D eigenvalue weighted by Gasteiger charge is 2.21. The predicted molar refractivity (Wildman–Crippen MR) is 124 cm³/mol.